The molecule has 1 aromatic rings. The van der Waals surface area contributed by atoms with Crippen LogP contribution in [0.2, 0.25) is 0 Å². The highest BCUT2D eigenvalue weighted by molar-refractivity contribution is 14.0. The highest BCUT2D eigenvalue weighted by Crippen LogP contribution is 2.16. The van der Waals surface area contributed by atoms with Gasteiger partial charge in [0.2, 0.25) is 0 Å². The molecule has 6 nitrogen and oxygen atoms in total. The van der Waals surface area contributed by atoms with E-state index in [1.165, 1.54) is 4.88 Å². The van der Waals surface area contributed by atoms with Crippen LogP contribution < -0.4 is 5.32 Å². The molecule has 1 aliphatic rings. The Bertz CT molecular complexity index is 474. The van der Waals surface area contributed by atoms with Gasteiger partial charge in [-0.25, -0.2) is 4.98 Å². The van der Waals surface area contributed by atoms with Gasteiger partial charge in [0, 0.05) is 32.1 Å². The van der Waals surface area contributed by atoms with Crippen molar-refractivity contribution in [1.82, 2.24) is 15.2 Å². The van der Waals surface area contributed by atoms with Gasteiger partial charge in [0.25, 0.3) is 0 Å². The van der Waals surface area contributed by atoms with E-state index in [9.17, 15) is 0 Å². The van der Waals surface area contributed by atoms with Crippen molar-refractivity contribution < 1.29 is 9.47 Å². The molecular weight excluding hydrogens is 415 g/mol. The van der Waals surface area contributed by atoms with Gasteiger partial charge in [-0.1, -0.05) is 0 Å². The summed E-state index contributed by atoms with van der Waals surface area (Å²) in [5.74, 6) is 0.893. The molecule has 0 bridgehead atoms. The van der Waals surface area contributed by atoms with E-state index in [1.807, 2.05) is 14.0 Å². The van der Waals surface area contributed by atoms with Crippen molar-refractivity contribution in [2.45, 2.75) is 26.5 Å². The molecule has 22 heavy (non-hydrogen) atoms. The second-order valence-corrected chi connectivity index (χ2v) is 6.33. The van der Waals surface area contributed by atoms with Gasteiger partial charge < -0.3 is 19.7 Å². The molecule has 1 aromatic heterocycles. The van der Waals surface area contributed by atoms with E-state index < -0.39 is 0 Å². The average molecular weight is 440 g/mol. The maximum atomic E-state index is 5.67. The number of halogens is 1. The van der Waals surface area contributed by atoms with Gasteiger partial charge in [-0.3, -0.25) is 4.99 Å². The fourth-order valence-corrected chi connectivity index (χ4v) is 3.17. The van der Waals surface area contributed by atoms with Gasteiger partial charge in [0.1, 0.15) is 5.01 Å². The first-order chi connectivity index (χ1) is 10.1. The fraction of sp³-hybridized carbons (Fsp3) is 0.714. The summed E-state index contributed by atoms with van der Waals surface area (Å²) in [4.78, 5) is 12.4. The molecule has 0 amide bonds. The average Bonchev–Trinajstić information content (AvgIpc) is 2.79. The van der Waals surface area contributed by atoms with Crippen LogP contribution in [0.25, 0.3) is 0 Å². The molecule has 0 spiro atoms. The second kappa shape index (κ2) is 9.64. The number of nitrogens with zero attached hydrogens (tertiary/aromatic N) is 3. The molecule has 1 saturated heterocycles. The Morgan fingerprint density at radius 2 is 2.32 bits per heavy atom. The molecule has 0 radical (unpaired) electrons. The molecule has 1 aliphatic heterocycles. The minimum atomic E-state index is 0. The molecule has 1 N–H and O–H groups in total. The van der Waals surface area contributed by atoms with E-state index in [2.05, 4.69) is 27.1 Å². The van der Waals surface area contributed by atoms with E-state index in [0.717, 1.165) is 29.8 Å². The van der Waals surface area contributed by atoms with Gasteiger partial charge >= 0.3 is 0 Å². The monoisotopic (exact) mass is 440 g/mol. The van der Waals surface area contributed by atoms with Crippen molar-refractivity contribution in [3.05, 3.63) is 15.6 Å². The maximum Gasteiger partial charge on any atom is 0.194 e. The van der Waals surface area contributed by atoms with Crippen LogP contribution >= 0.6 is 35.3 Å². The maximum absolute atomic E-state index is 5.67. The topological polar surface area (TPSA) is 59.0 Å². The van der Waals surface area contributed by atoms with E-state index >= 15 is 0 Å². The number of aryl methyl sites for hydroxylation is 2. The molecule has 1 fully saturated rings. The number of methoxy groups -OCH3 is 1. The fourth-order valence-electron chi connectivity index (χ4n) is 2.30. The summed E-state index contributed by atoms with van der Waals surface area (Å²) in [6, 6.07) is 0. The molecule has 1 atom stereocenters. The Morgan fingerprint density at radius 3 is 2.91 bits per heavy atom. The Labute approximate surface area is 153 Å². The van der Waals surface area contributed by atoms with Gasteiger partial charge in [-0.05, 0) is 13.8 Å². The lowest BCUT2D eigenvalue weighted by molar-refractivity contribution is -0.0447. The molecule has 2 rings (SSSR count). The number of morpholine rings is 1. The van der Waals surface area contributed by atoms with Gasteiger partial charge in [-0.2, -0.15) is 0 Å². The van der Waals surface area contributed by atoms with Crippen LogP contribution in [-0.2, 0) is 16.0 Å². The van der Waals surface area contributed by atoms with Gasteiger partial charge in [0.15, 0.2) is 5.96 Å². The SMILES string of the molecule is CN=C(NCc1nc(C)c(C)s1)N1CCOC(COC)C1.I. The predicted octanol–water partition coefficient (Wildman–Crippen LogP) is 1.80. The zero-order chi connectivity index (χ0) is 15.2. The van der Waals surface area contributed by atoms with Crippen LogP contribution in [0.1, 0.15) is 15.6 Å². The van der Waals surface area contributed by atoms with Crippen molar-refractivity contribution >= 4 is 41.3 Å². The van der Waals surface area contributed by atoms with E-state index in [4.69, 9.17) is 9.47 Å². The quantitative estimate of drug-likeness (QED) is 0.440. The number of thiazole rings is 1. The summed E-state index contributed by atoms with van der Waals surface area (Å²) in [7, 11) is 3.50. The lowest BCUT2D eigenvalue weighted by Crippen LogP contribution is -2.51. The summed E-state index contributed by atoms with van der Waals surface area (Å²) in [6.07, 6.45) is 0.103. The van der Waals surface area contributed by atoms with Crippen molar-refractivity contribution in [1.29, 1.82) is 0 Å². The standard InChI is InChI=1S/C14H24N4O2S.HI/c1-10-11(2)21-13(17-10)7-16-14(15-3)18-5-6-20-12(8-18)9-19-4;/h12H,5-9H2,1-4H3,(H,15,16);1H. The molecule has 126 valence electrons. The van der Waals surface area contributed by atoms with Crippen LogP contribution in [-0.4, -0.2) is 62.4 Å². The number of hydrogen-bond acceptors (Lipinski definition) is 5. The number of hydrogen-bond donors (Lipinski definition) is 1. The Morgan fingerprint density at radius 1 is 1.55 bits per heavy atom. The smallest absolute Gasteiger partial charge is 0.194 e. The second-order valence-electron chi connectivity index (χ2n) is 5.04. The number of aliphatic imine (C=N–C) groups is 1. The van der Waals surface area contributed by atoms with E-state index in [0.29, 0.717) is 19.8 Å². The molecule has 8 heteroatoms. The third kappa shape index (κ3) is 5.32. The van der Waals surface area contributed by atoms with Gasteiger partial charge in [0.05, 0.1) is 31.6 Å². The zero-order valence-electron chi connectivity index (χ0n) is 13.6. The first-order valence-corrected chi connectivity index (χ1v) is 7.94. The summed E-state index contributed by atoms with van der Waals surface area (Å²) in [6.45, 7) is 7.80. The van der Waals surface area contributed by atoms with Crippen LogP contribution in [0, 0.1) is 13.8 Å². The van der Waals surface area contributed by atoms with Crippen LogP contribution in [0.3, 0.4) is 0 Å². The lowest BCUT2D eigenvalue weighted by Gasteiger charge is -2.34. The molecular formula is C14H25IN4O2S. The summed E-state index contributed by atoms with van der Waals surface area (Å²) in [5.41, 5.74) is 1.11. The van der Waals surface area contributed by atoms with Crippen molar-refractivity contribution in [3.63, 3.8) is 0 Å². The van der Waals surface area contributed by atoms with Gasteiger partial charge in [-0.15, -0.1) is 35.3 Å². The largest absolute Gasteiger partial charge is 0.382 e. The first-order valence-electron chi connectivity index (χ1n) is 7.13. The highest BCUT2D eigenvalue weighted by Gasteiger charge is 2.22. The third-order valence-electron chi connectivity index (χ3n) is 3.47. The zero-order valence-corrected chi connectivity index (χ0v) is 16.7. The molecule has 0 aliphatic carbocycles. The minimum Gasteiger partial charge on any atom is -0.382 e. The summed E-state index contributed by atoms with van der Waals surface area (Å²) < 4.78 is 10.8. The third-order valence-corrected chi connectivity index (χ3v) is 4.55. The van der Waals surface area contributed by atoms with Crippen molar-refractivity contribution in [2.24, 2.45) is 4.99 Å². The van der Waals surface area contributed by atoms with E-state index in [1.54, 1.807) is 18.4 Å². The molecule has 0 saturated carbocycles. The highest BCUT2D eigenvalue weighted by atomic mass is 127. The molecule has 2 heterocycles. The Hall–Kier alpha value is -0.450. The van der Waals surface area contributed by atoms with Crippen molar-refractivity contribution in [2.75, 3.05) is 40.5 Å². The van der Waals surface area contributed by atoms with Crippen LogP contribution in [0.4, 0.5) is 0 Å². The number of guanidine groups is 1. The number of aromatic nitrogens is 1. The summed E-state index contributed by atoms with van der Waals surface area (Å²) >= 11 is 1.73. The Kier molecular flexibility index (Phi) is 8.58. The van der Waals surface area contributed by atoms with Crippen LogP contribution in [0.15, 0.2) is 4.99 Å². The predicted molar refractivity (Wildman–Crippen MR) is 100 cm³/mol. The number of rotatable bonds is 4. The van der Waals surface area contributed by atoms with E-state index in [-0.39, 0.29) is 30.1 Å². The lowest BCUT2D eigenvalue weighted by atomic mass is 10.3. The molecule has 1 unspecified atom stereocenters. The Balaban J connectivity index is 0.00000242. The number of nitrogens with one attached hydrogen (secondary N) is 1. The van der Waals surface area contributed by atoms with Crippen molar-refractivity contribution in [3.8, 4) is 0 Å². The molecule has 0 aromatic carbocycles. The number of ether oxygens (including phenoxy) is 2. The minimum absolute atomic E-state index is 0. The first kappa shape index (κ1) is 19.6. The summed E-state index contributed by atoms with van der Waals surface area (Å²) in [5, 5.41) is 4.48. The van der Waals surface area contributed by atoms with Crippen LogP contribution in [0.5, 0.6) is 0 Å². The normalized spacial score (nSPS) is 19.0.